The number of methoxy groups -OCH3 is 1. The molecular weight excluding hydrogens is 368 g/mol. The Balaban J connectivity index is 1.89. The predicted molar refractivity (Wildman–Crippen MR) is 98.0 cm³/mol. The van der Waals surface area contributed by atoms with Crippen LogP contribution < -0.4 is 9.64 Å². The Hall–Kier alpha value is -3.39. The maximum Gasteiger partial charge on any atom is 0.296 e. The number of carbonyl (C=O) groups is 2. The third-order valence-electron chi connectivity index (χ3n) is 4.23. The average Bonchev–Trinajstić information content (AvgIpc) is 3.43. The summed E-state index contributed by atoms with van der Waals surface area (Å²) in [6.07, 6.45) is 2.92. The molecule has 0 aliphatic carbocycles. The number of anilines is 1. The van der Waals surface area contributed by atoms with Gasteiger partial charge in [0.15, 0.2) is 16.7 Å². The van der Waals surface area contributed by atoms with Crippen molar-refractivity contribution in [2.45, 2.75) is 6.04 Å². The van der Waals surface area contributed by atoms with Crippen LogP contribution in [0.2, 0.25) is 0 Å². The maximum atomic E-state index is 13.0. The Morgan fingerprint density at radius 2 is 2.19 bits per heavy atom. The first kappa shape index (κ1) is 17.0. The molecule has 0 fully saturated rings. The van der Waals surface area contributed by atoms with Crippen LogP contribution in [0.4, 0.5) is 5.13 Å². The molecule has 0 spiro atoms. The zero-order valence-corrected chi connectivity index (χ0v) is 15.0. The van der Waals surface area contributed by atoms with Crippen molar-refractivity contribution in [1.29, 1.82) is 0 Å². The fourth-order valence-corrected chi connectivity index (χ4v) is 3.70. The summed E-state index contributed by atoms with van der Waals surface area (Å²) in [5, 5.41) is 12.6. The molecule has 0 radical (unpaired) electrons. The van der Waals surface area contributed by atoms with E-state index in [1.54, 1.807) is 41.9 Å². The molecule has 1 unspecified atom stereocenters. The summed E-state index contributed by atoms with van der Waals surface area (Å²) in [6.45, 7) is 0. The lowest BCUT2D eigenvalue weighted by atomic mass is 9.95. The Bertz CT molecular complexity index is 1020. The highest BCUT2D eigenvalue weighted by Crippen LogP contribution is 2.43. The number of aliphatic hydroxyl groups excluding tert-OH is 1. The van der Waals surface area contributed by atoms with Crippen molar-refractivity contribution >= 4 is 28.2 Å². The molecule has 1 atom stereocenters. The van der Waals surface area contributed by atoms with E-state index in [9.17, 15) is 14.7 Å². The summed E-state index contributed by atoms with van der Waals surface area (Å²) >= 11 is 1.24. The van der Waals surface area contributed by atoms with Gasteiger partial charge in [-0.15, -0.1) is 11.3 Å². The van der Waals surface area contributed by atoms with Gasteiger partial charge in [0, 0.05) is 11.6 Å². The van der Waals surface area contributed by atoms with Crippen molar-refractivity contribution in [2.75, 3.05) is 12.0 Å². The molecule has 3 heterocycles. The second kappa shape index (κ2) is 6.73. The van der Waals surface area contributed by atoms with Crippen LogP contribution >= 0.6 is 11.3 Å². The van der Waals surface area contributed by atoms with Gasteiger partial charge < -0.3 is 14.3 Å². The van der Waals surface area contributed by atoms with E-state index < -0.39 is 23.5 Å². The number of rotatable bonds is 5. The third kappa shape index (κ3) is 2.80. The Morgan fingerprint density at radius 1 is 1.33 bits per heavy atom. The van der Waals surface area contributed by atoms with Gasteiger partial charge in [-0.3, -0.25) is 14.5 Å². The molecule has 8 heteroatoms. The summed E-state index contributed by atoms with van der Waals surface area (Å²) in [6, 6.07) is 9.19. The number of carbonyl (C=O) groups excluding carboxylic acids is 2. The Labute approximate surface area is 158 Å². The van der Waals surface area contributed by atoms with Gasteiger partial charge in [0.05, 0.1) is 25.0 Å². The second-order valence-electron chi connectivity index (χ2n) is 5.74. The first-order valence-electron chi connectivity index (χ1n) is 8.00. The van der Waals surface area contributed by atoms with Gasteiger partial charge in [0.2, 0.25) is 5.78 Å². The normalized spacial score (nSPS) is 16.9. The van der Waals surface area contributed by atoms with Crippen molar-refractivity contribution in [3.8, 4) is 5.75 Å². The van der Waals surface area contributed by atoms with Crippen LogP contribution in [0, 0.1) is 0 Å². The lowest BCUT2D eigenvalue weighted by Crippen LogP contribution is -2.30. The van der Waals surface area contributed by atoms with Gasteiger partial charge >= 0.3 is 0 Å². The smallest absolute Gasteiger partial charge is 0.296 e. The quantitative estimate of drug-likeness (QED) is 0.679. The van der Waals surface area contributed by atoms with Crippen molar-refractivity contribution in [3.63, 3.8) is 0 Å². The van der Waals surface area contributed by atoms with E-state index in [-0.39, 0.29) is 11.3 Å². The van der Waals surface area contributed by atoms with E-state index in [1.807, 2.05) is 0 Å². The van der Waals surface area contributed by atoms with E-state index in [2.05, 4.69) is 4.98 Å². The third-order valence-corrected chi connectivity index (χ3v) is 5.00. The molecule has 0 saturated carbocycles. The van der Waals surface area contributed by atoms with Crippen LogP contribution in [0.3, 0.4) is 0 Å². The lowest BCUT2D eigenvalue weighted by molar-refractivity contribution is -0.117. The molecular formula is C19H14N2O5S. The number of ether oxygens (including phenoxy) is 1. The van der Waals surface area contributed by atoms with Gasteiger partial charge in [-0.2, -0.15) is 0 Å². The predicted octanol–water partition coefficient (Wildman–Crippen LogP) is 3.53. The number of aliphatic hydroxyl groups is 1. The van der Waals surface area contributed by atoms with Gasteiger partial charge in [-0.05, 0) is 29.8 Å². The summed E-state index contributed by atoms with van der Waals surface area (Å²) in [5.74, 6) is -1.25. The standard InChI is InChI=1S/C19H14N2O5S/c1-25-12-5-2-4-11(10-12)15-14(16(22)13-6-3-8-26-13)17(23)18(24)21(15)19-20-7-9-27-19/h2-10,15,23H,1H3. The molecule has 1 amide bonds. The first-order valence-corrected chi connectivity index (χ1v) is 8.88. The molecule has 0 saturated heterocycles. The molecule has 7 nitrogen and oxygen atoms in total. The number of Topliss-reactive ketones (excluding diaryl/α,β-unsaturated/α-hetero) is 1. The molecule has 1 aliphatic heterocycles. The molecule has 4 rings (SSSR count). The van der Waals surface area contributed by atoms with Gasteiger partial charge in [0.25, 0.3) is 5.91 Å². The number of hydrogen-bond donors (Lipinski definition) is 1. The average molecular weight is 382 g/mol. The number of nitrogens with zero attached hydrogens (tertiary/aromatic N) is 2. The van der Waals surface area contributed by atoms with Gasteiger partial charge in [-0.25, -0.2) is 4.98 Å². The summed E-state index contributed by atoms with van der Waals surface area (Å²) < 4.78 is 10.4. The SMILES string of the molecule is COc1cccc(C2C(C(=O)c3ccco3)=C(O)C(=O)N2c2nccs2)c1. The zero-order valence-electron chi connectivity index (χ0n) is 14.2. The van der Waals surface area contributed by atoms with E-state index in [1.165, 1.54) is 35.7 Å². The molecule has 1 N–H and O–H groups in total. The van der Waals surface area contributed by atoms with Crippen LogP contribution in [0.25, 0.3) is 0 Å². The van der Waals surface area contributed by atoms with Gasteiger partial charge in [0.1, 0.15) is 5.75 Å². The minimum atomic E-state index is -0.851. The number of furan rings is 1. The molecule has 136 valence electrons. The highest BCUT2D eigenvalue weighted by Gasteiger charge is 2.46. The number of ketones is 1. The van der Waals surface area contributed by atoms with E-state index in [0.29, 0.717) is 16.4 Å². The molecule has 1 aliphatic rings. The largest absolute Gasteiger partial charge is 0.503 e. The Morgan fingerprint density at radius 3 is 2.85 bits per heavy atom. The van der Waals surface area contributed by atoms with Crippen LogP contribution in [-0.2, 0) is 4.79 Å². The fraction of sp³-hybridized carbons (Fsp3) is 0.105. The minimum Gasteiger partial charge on any atom is -0.503 e. The lowest BCUT2D eigenvalue weighted by Gasteiger charge is -2.24. The van der Waals surface area contributed by atoms with E-state index in [0.717, 1.165) is 0 Å². The molecule has 27 heavy (non-hydrogen) atoms. The van der Waals surface area contributed by atoms with E-state index in [4.69, 9.17) is 9.15 Å². The second-order valence-corrected chi connectivity index (χ2v) is 6.61. The summed E-state index contributed by atoms with van der Waals surface area (Å²) in [7, 11) is 1.53. The topological polar surface area (TPSA) is 92.9 Å². The first-order chi connectivity index (χ1) is 13.1. The number of amides is 1. The van der Waals surface area contributed by atoms with Crippen molar-refractivity contribution in [2.24, 2.45) is 0 Å². The highest BCUT2D eigenvalue weighted by atomic mass is 32.1. The molecule has 2 aromatic heterocycles. The summed E-state index contributed by atoms with van der Waals surface area (Å²) in [5.41, 5.74) is 0.551. The summed E-state index contributed by atoms with van der Waals surface area (Å²) in [4.78, 5) is 31.3. The molecule has 1 aromatic carbocycles. The van der Waals surface area contributed by atoms with E-state index >= 15 is 0 Å². The number of benzene rings is 1. The highest BCUT2D eigenvalue weighted by molar-refractivity contribution is 7.13. The van der Waals surface area contributed by atoms with Crippen LogP contribution in [0.5, 0.6) is 5.75 Å². The van der Waals surface area contributed by atoms with Crippen molar-refractivity contribution < 1.29 is 23.8 Å². The van der Waals surface area contributed by atoms with Crippen molar-refractivity contribution in [3.05, 3.63) is 76.9 Å². The van der Waals surface area contributed by atoms with Crippen LogP contribution in [0.15, 0.2) is 70.0 Å². The molecule has 3 aromatic rings. The fourth-order valence-electron chi connectivity index (χ4n) is 3.04. The number of thiazole rings is 1. The maximum absolute atomic E-state index is 13.0. The van der Waals surface area contributed by atoms with Crippen LogP contribution in [-0.4, -0.2) is 28.9 Å². The van der Waals surface area contributed by atoms with Gasteiger partial charge in [-0.1, -0.05) is 12.1 Å². The molecule has 0 bridgehead atoms. The van der Waals surface area contributed by atoms with Crippen molar-refractivity contribution in [1.82, 2.24) is 4.98 Å². The Kier molecular flexibility index (Phi) is 4.25. The number of hydrogen-bond acceptors (Lipinski definition) is 7. The van der Waals surface area contributed by atoms with Crippen LogP contribution in [0.1, 0.15) is 22.2 Å². The zero-order chi connectivity index (χ0) is 19.0. The monoisotopic (exact) mass is 382 g/mol. The minimum absolute atomic E-state index is 0.0400. The number of aromatic nitrogens is 1.